The van der Waals surface area contributed by atoms with Gasteiger partial charge in [-0.25, -0.2) is 4.79 Å². The van der Waals surface area contributed by atoms with Crippen molar-refractivity contribution in [3.05, 3.63) is 71.3 Å². The summed E-state index contributed by atoms with van der Waals surface area (Å²) in [6, 6.07) is 16.0. The van der Waals surface area contributed by atoms with Crippen LogP contribution in [0, 0.1) is 6.92 Å². The molecule has 0 saturated carbocycles. The molecule has 2 atom stereocenters. The van der Waals surface area contributed by atoms with Crippen molar-refractivity contribution in [2.24, 2.45) is 5.10 Å². The van der Waals surface area contributed by atoms with Crippen molar-refractivity contribution < 1.29 is 14.3 Å². The minimum atomic E-state index is -0.703. The van der Waals surface area contributed by atoms with Gasteiger partial charge in [0.25, 0.3) is 0 Å². The van der Waals surface area contributed by atoms with Crippen molar-refractivity contribution in [1.82, 2.24) is 5.43 Å². The maximum Gasteiger partial charge on any atom is 0.331 e. The molecule has 0 unspecified atom stereocenters. The van der Waals surface area contributed by atoms with Gasteiger partial charge in [-0.05, 0) is 19.4 Å². The summed E-state index contributed by atoms with van der Waals surface area (Å²) in [5.74, 6) is -1.08. The zero-order valence-corrected chi connectivity index (χ0v) is 14.2. The van der Waals surface area contributed by atoms with Crippen LogP contribution < -0.4 is 5.43 Å². The number of rotatable bonds is 5. The van der Waals surface area contributed by atoms with E-state index in [1.165, 1.54) is 0 Å². The highest BCUT2D eigenvalue weighted by atomic mass is 16.5. The van der Waals surface area contributed by atoms with Crippen molar-refractivity contribution in [3.63, 3.8) is 0 Å². The maximum atomic E-state index is 12.9. The van der Waals surface area contributed by atoms with Crippen LogP contribution in [0.2, 0.25) is 0 Å². The fraction of sp³-hybridized carbons (Fsp3) is 0.250. The van der Waals surface area contributed by atoms with Gasteiger partial charge in [0.05, 0.1) is 12.5 Å². The lowest BCUT2D eigenvalue weighted by atomic mass is 9.85. The second kappa shape index (κ2) is 7.30. The third kappa shape index (κ3) is 3.45. The molecule has 1 aliphatic heterocycles. The van der Waals surface area contributed by atoms with Crippen LogP contribution in [0.4, 0.5) is 0 Å². The highest BCUT2D eigenvalue weighted by molar-refractivity contribution is 6.48. The Morgan fingerprint density at radius 2 is 1.76 bits per heavy atom. The molecule has 0 fully saturated rings. The Bertz CT molecular complexity index is 797. The largest absolute Gasteiger partial charge is 0.464 e. The van der Waals surface area contributed by atoms with Crippen molar-refractivity contribution in [2.75, 3.05) is 6.61 Å². The van der Waals surface area contributed by atoms with E-state index >= 15 is 0 Å². The summed E-state index contributed by atoms with van der Waals surface area (Å²) in [5, 5.41) is 4.19. The fourth-order valence-electron chi connectivity index (χ4n) is 2.92. The zero-order valence-electron chi connectivity index (χ0n) is 14.2. The summed E-state index contributed by atoms with van der Waals surface area (Å²) in [4.78, 5) is 25.2. The summed E-state index contributed by atoms with van der Waals surface area (Å²) < 4.78 is 5.15. The molecule has 1 heterocycles. The number of hydrogen-bond donors (Lipinski definition) is 1. The van der Waals surface area contributed by atoms with Crippen molar-refractivity contribution in [2.45, 2.75) is 25.8 Å². The van der Waals surface area contributed by atoms with E-state index in [-0.39, 0.29) is 12.4 Å². The van der Waals surface area contributed by atoms with Crippen LogP contribution in [0.25, 0.3) is 0 Å². The van der Waals surface area contributed by atoms with E-state index in [1.54, 1.807) is 31.2 Å². The first kappa shape index (κ1) is 16.9. The van der Waals surface area contributed by atoms with E-state index in [9.17, 15) is 9.59 Å². The minimum absolute atomic E-state index is 0.189. The van der Waals surface area contributed by atoms with Crippen LogP contribution in [0.5, 0.6) is 0 Å². The zero-order chi connectivity index (χ0) is 17.8. The number of carbonyl (C=O) groups excluding carboxylic acids is 2. The maximum absolute atomic E-state index is 12.9. The van der Waals surface area contributed by atoms with Crippen LogP contribution in [0.3, 0.4) is 0 Å². The highest BCUT2D eigenvalue weighted by Gasteiger charge is 2.41. The molecule has 5 nitrogen and oxygen atoms in total. The highest BCUT2D eigenvalue weighted by Crippen LogP contribution is 2.29. The van der Waals surface area contributed by atoms with Crippen LogP contribution in [0.15, 0.2) is 59.7 Å². The minimum Gasteiger partial charge on any atom is -0.464 e. The Hall–Kier alpha value is -2.95. The molecular weight excluding hydrogens is 316 g/mol. The Labute approximate surface area is 146 Å². The quantitative estimate of drug-likeness (QED) is 0.673. The van der Waals surface area contributed by atoms with Gasteiger partial charge >= 0.3 is 5.97 Å². The fourth-order valence-corrected chi connectivity index (χ4v) is 2.92. The van der Waals surface area contributed by atoms with Gasteiger partial charge in [0, 0.05) is 5.56 Å². The Balaban J connectivity index is 1.97. The van der Waals surface area contributed by atoms with Gasteiger partial charge in [0.1, 0.15) is 5.71 Å². The molecule has 2 aromatic carbocycles. The molecule has 5 heteroatoms. The second-order valence-electron chi connectivity index (χ2n) is 5.94. The third-order valence-electron chi connectivity index (χ3n) is 4.20. The number of hydrogen-bond acceptors (Lipinski definition) is 5. The van der Waals surface area contributed by atoms with E-state index < -0.39 is 17.9 Å². The molecule has 3 rings (SSSR count). The normalized spacial score (nSPS) is 19.0. The topological polar surface area (TPSA) is 67.8 Å². The Morgan fingerprint density at radius 1 is 1.08 bits per heavy atom. The number of hydrazone groups is 1. The van der Waals surface area contributed by atoms with E-state index in [0.717, 1.165) is 11.1 Å². The number of Topliss-reactive ketones (excluding diaryl/α,β-unsaturated/α-hetero) is 1. The lowest BCUT2D eigenvalue weighted by Gasteiger charge is -2.19. The summed E-state index contributed by atoms with van der Waals surface area (Å²) >= 11 is 0. The number of carbonyl (C=O) groups is 2. The average molecular weight is 336 g/mol. The smallest absolute Gasteiger partial charge is 0.331 e. The van der Waals surface area contributed by atoms with Crippen LogP contribution >= 0.6 is 0 Å². The predicted molar refractivity (Wildman–Crippen MR) is 95.7 cm³/mol. The van der Waals surface area contributed by atoms with Crippen LogP contribution in [0.1, 0.15) is 34.3 Å². The number of nitrogens with one attached hydrogen (secondary N) is 1. The molecule has 1 aliphatic rings. The van der Waals surface area contributed by atoms with E-state index in [2.05, 4.69) is 10.5 Å². The van der Waals surface area contributed by atoms with Crippen molar-refractivity contribution >= 4 is 17.5 Å². The monoisotopic (exact) mass is 336 g/mol. The molecule has 0 radical (unpaired) electrons. The van der Waals surface area contributed by atoms with Crippen molar-refractivity contribution in [3.8, 4) is 0 Å². The Kier molecular flexibility index (Phi) is 4.93. The van der Waals surface area contributed by atoms with Gasteiger partial charge in [-0.2, -0.15) is 5.10 Å². The summed E-state index contributed by atoms with van der Waals surface area (Å²) in [6.45, 7) is 4.02. The van der Waals surface area contributed by atoms with Gasteiger partial charge in [-0.1, -0.05) is 60.2 Å². The molecule has 0 aromatic heterocycles. The lowest BCUT2D eigenvalue weighted by molar-refractivity contribution is -0.145. The standard InChI is InChI=1S/C20H20N2O3/c1-3-25-20(24)18-16(14-11-9-13(2)10-12-14)17(21-22-18)19(23)15-7-5-4-6-8-15/h4-12,16,18,22H,3H2,1-2H3/t16-,18+/m0/s1. The summed E-state index contributed by atoms with van der Waals surface area (Å²) in [5.41, 5.74) is 5.64. The molecule has 0 spiro atoms. The van der Waals surface area contributed by atoms with Gasteiger partial charge in [-0.15, -0.1) is 0 Å². The molecule has 0 bridgehead atoms. The average Bonchev–Trinajstić information content (AvgIpc) is 3.08. The van der Waals surface area contributed by atoms with Gasteiger partial charge in [-0.3, -0.25) is 10.2 Å². The van der Waals surface area contributed by atoms with E-state index in [1.807, 2.05) is 37.3 Å². The number of esters is 1. The number of ether oxygens (including phenoxy) is 1. The number of ketones is 1. The SMILES string of the molecule is CCOC(=O)[C@@H]1NN=C(C(=O)c2ccccc2)[C@@H]1c1ccc(C)cc1. The molecule has 0 amide bonds. The lowest BCUT2D eigenvalue weighted by Crippen LogP contribution is -2.38. The van der Waals surface area contributed by atoms with Crippen LogP contribution in [-0.2, 0) is 9.53 Å². The predicted octanol–water partition coefficient (Wildman–Crippen LogP) is 2.85. The second-order valence-corrected chi connectivity index (χ2v) is 5.94. The Morgan fingerprint density at radius 3 is 2.40 bits per heavy atom. The van der Waals surface area contributed by atoms with Gasteiger partial charge < -0.3 is 4.74 Å². The van der Waals surface area contributed by atoms with Gasteiger partial charge in [0.15, 0.2) is 6.04 Å². The molecule has 2 aromatic rings. The molecule has 0 saturated heterocycles. The molecular formula is C20H20N2O3. The van der Waals surface area contributed by atoms with Gasteiger partial charge in [0.2, 0.25) is 5.78 Å². The molecule has 25 heavy (non-hydrogen) atoms. The summed E-state index contributed by atoms with van der Waals surface area (Å²) in [7, 11) is 0. The first-order chi connectivity index (χ1) is 12.1. The van der Waals surface area contributed by atoms with E-state index in [0.29, 0.717) is 11.3 Å². The number of aryl methyl sites for hydroxylation is 1. The molecule has 0 aliphatic carbocycles. The van der Waals surface area contributed by atoms with Crippen molar-refractivity contribution in [1.29, 1.82) is 0 Å². The third-order valence-corrected chi connectivity index (χ3v) is 4.20. The molecule has 1 N–H and O–H groups in total. The first-order valence-corrected chi connectivity index (χ1v) is 8.28. The number of nitrogens with zero attached hydrogens (tertiary/aromatic N) is 1. The summed E-state index contributed by atoms with van der Waals surface area (Å²) in [6.07, 6.45) is 0. The van der Waals surface area contributed by atoms with E-state index in [4.69, 9.17) is 4.74 Å². The van der Waals surface area contributed by atoms with Crippen LogP contribution in [-0.4, -0.2) is 30.1 Å². The first-order valence-electron chi connectivity index (χ1n) is 8.28. The number of benzene rings is 2. The molecule has 128 valence electrons.